The second kappa shape index (κ2) is 7.13. The van der Waals surface area contributed by atoms with E-state index in [0.29, 0.717) is 24.1 Å². The number of nitrogens with two attached hydrogens (primary N) is 1. The lowest BCUT2D eigenvalue weighted by molar-refractivity contribution is 0.162. The average molecular weight is 315 g/mol. The molecule has 2 aromatic heterocycles. The van der Waals surface area contributed by atoms with E-state index in [2.05, 4.69) is 19.9 Å². The molecule has 0 unspecified atom stereocenters. The zero-order chi connectivity index (χ0) is 16.1. The van der Waals surface area contributed by atoms with Crippen LogP contribution < -0.4 is 20.1 Å². The van der Waals surface area contributed by atoms with Gasteiger partial charge in [0.25, 0.3) is 5.88 Å². The minimum absolute atomic E-state index is 0.0288. The van der Waals surface area contributed by atoms with E-state index in [9.17, 15) is 0 Å². The normalized spacial score (nSPS) is 17.8. The van der Waals surface area contributed by atoms with Crippen molar-refractivity contribution >= 4 is 11.6 Å². The first kappa shape index (κ1) is 15.3. The van der Waals surface area contributed by atoms with Crippen LogP contribution >= 0.6 is 0 Å². The van der Waals surface area contributed by atoms with Crippen LogP contribution in [0.1, 0.15) is 19.8 Å². The maximum atomic E-state index is 6.06. The first-order valence-electron chi connectivity index (χ1n) is 7.83. The SMILES string of the molecule is CCOc1cccnc1O[C@@H]1CCCN(c2cncc(N)n2)C1. The van der Waals surface area contributed by atoms with Gasteiger partial charge in [-0.15, -0.1) is 0 Å². The highest BCUT2D eigenvalue weighted by Gasteiger charge is 2.24. The van der Waals surface area contributed by atoms with E-state index in [0.717, 1.165) is 31.7 Å². The summed E-state index contributed by atoms with van der Waals surface area (Å²) >= 11 is 0. The third-order valence-corrected chi connectivity index (χ3v) is 3.66. The molecule has 1 aliphatic rings. The topological polar surface area (TPSA) is 86.4 Å². The van der Waals surface area contributed by atoms with Crippen LogP contribution in [0.15, 0.2) is 30.7 Å². The summed E-state index contributed by atoms with van der Waals surface area (Å²) in [6.07, 6.45) is 6.99. The van der Waals surface area contributed by atoms with Crippen molar-refractivity contribution in [3.63, 3.8) is 0 Å². The molecule has 0 radical (unpaired) electrons. The number of ether oxygens (including phenoxy) is 2. The molecular weight excluding hydrogens is 294 g/mol. The molecule has 0 saturated carbocycles. The van der Waals surface area contributed by atoms with Crippen molar-refractivity contribution in [1.29, 1.82) is 0 Å². The standard InChI is InChI=1S/C16H21N5O2/c1-2-22-13-6-3-7-19-16(13)23-12-5-4-8-21(11-12)15-10-18-9-14(17)20-15/h3,6-7,9-10,12H,2,4-5,8,11H2,1H3,(H2,17,20)/t12-/m1/s1. The predicted octanol–water partition coefficient (Wildman–Crippen LogP) is 1.90. The smallest absolute Gasteiger partial charge is 0.257 e. The molecule has 3 rings (SSSR count). The largest absolute Gasteiger partial charge is 0.488 e. The van der Waals surface area contributed by atoms with Crippen molar-refractivity contribution in [2.75, 3.05) is 30.3 Å². The number of nitrogens with zero attached hydrogens (tertiary/aromatic N) is 4. The number of aromatic nitrogens is 3. The van der Waals surface area contributed by atoms with Crippen molar-refractivity contribution in [2.24, 2.45) is 0 Å². The Kier molecular flexibility index (Phi) is 4.75. The fourth-order valence-corrected chi connectivity index (χ4v) is 2.65. The van der Waals surface area contributed by atoms with Crippen LogP contribution in [0, 0.1) is 0 Å². The first-order chi connectivity index (χ1) is 11.3. The zero-order valence-electron chi connectivity index (χ0n) is 13.2. The van der Waals surface area contributed by atoms with Gasteiger partial charge in [-0.2, -0.15) is 0 Å². The van der Waals surface area contributed by atoms with E-state index >= 15 is 0 Å². The van der Waals surface area contributed by atoms with Gasteiger partial charge in [0.1, 0.15) is 17.7 Å². The molecule has 1 aliphatic heterocycles. The number of nitrogen functional groups attached to an aromatic ring is 1. The highest BCUT2D eigenvalue weighted by molar-refractivity contribution is 5.42. The summed E-state index contributed by atoms with van der Waals surface area (Å²) in [7, 11) is 0. The summed E-state index contributed by atoms with van der Waals surface area (Å²) in [5, 5.41) is 0. The van der Waals surface area contributed by atoms with Gasteiger partial charge in [-0.3, -0.25) is 4.98 Å². The highest BCUT2D eigenvalue weighted by Crippen LogP contribution is 2.27. The quantitative estimate of drug-likeness (QED) is 0.901. The van der Waals surface area contributed by atoms with Crippen molar-refractivity contribution in [3.8, 4) is 11.6 Å². The Morgan fingerprint density at radius 1 is 1.39 bits per heavy atom. The molecule has 0 spiro atoms. The van der Waals surface area contributed by atoms with E-state index in [-0.39, 0.29) is 6.10 Å². The van der Waals surface area contributed by atoms with Crippen LogP contribution in [0.4, 0.5) is 11.6 Å². The Labute approximate surface area is 135 Å². The third kappa shape index (κ3) is 3.80. The zero-order valence-corrected chi connectivity index (χ0v) is 13.2. The Balaban J connectivity index is 1.70. The molecular formula is C16H21N5O2. The number of pyridine rings is 1. The van der Waals surface area contributed by atoms with Gasteiger partial charge in [0.15, 0.2) is 5.75 Å². The summed E-state index contributed by atoms with van der Waals surface area (Å²) in [5.41, 5.74) is 5.72. The second-order valence-corrected chi connectivity index (χ2v) is 5.37. The lowest BCUT2D eigenvalue weighted by Crippen LogP contribution is -2.41. The number of piperidine rings is 1. The molecule has 122 valence electrons. The molecule has 0 aromatic carbocycles. The van der Waals surface area contributed by atoms with Gasteiger partial charge in [-0.05, 0) is 31.9 Å². The number of anilines is 2. The highest BCUT2D eigenvalue weighted by atomic mass is 16.5. The number of hydrogen-bond acceptors (Lipinski definition) is 7. The van der Waals surface area contributed by atoms with Crippen molar-refractivity contribution in [3.05, 3.63) is 30.7 Å². The van der Waals surface area contributed by atoms with Gasteiger partial charge >= 0.3 is 0 Å². The van der Waals surface area contributed by atoms with Gasteiger partial charge in [0.2, 0.25) is 0 Å². The molecule has 0 amide bonds. The van der Waals surface area contributed by atoms with Crippen LogP contribution in [0.3, 0.4) is 0 Å². The van der Waals surface area contributed by atoms with E-state index < -0.39 is 0 Å². The fraction of sp³-hybridized carbons (Fsp3) is 0.438. The molecule has 7 heteroatoms. The maximum Gasteiger partial charge on any atom is 0.257 e. The van der Waals surface area contributed by atoms with Gasteiger partial charge < -0.3 is 20.1 Å². The number of hydrogen-bond donors (Lipinski definition) is 1. The second-order valence-electron chi connectivity index (χ2n) is 5.37. The Bertz CT molecular complexity index is 652. The molecule has 1 atom stereocenters. The molecule has 0 aliphatic carbocycles. The first-order valence-corrected chi connectivity index (χ1v) is 7.83. The summed E-state index contributed by atoms with van der Waals surface area (Å²) in [6.45, 7) is 4.16. The van der Waals surface area contributed by atoms with Crippen LogP contribution in [0.25, 0.3) is 0 Å². The molecule has 3 heterocycles. The predicted molar refractivity (Wildman–Crippen MR) is 87.7 cm³/mol. The van der Waals surface area contributed by atoms with Crippen molar-refractivity contribution < 1.29 is 9.47 Å². The summed E-state index contributed by atoms with van der Waals surface area (Å²) in [5.74, 6) is 2.42. The lowest BCUT2D eigenvalue weighted by atomic mass is 10.1. The monoisotopic (exact) mass is 315 g/mol. The Morgan fingerprint density at radius 2 is 2.30 bits per heavy atom. The Morgan fingerprint density at radius 3 is 3.13 bits per heavy atom. The third-order valence-electron chi connectivity index (χ3n) is 3.66. The summed E-state index contributed by atoms with van der Waals surface area (Å²) in [6, 6.07) is 3.71. The fourth-order valence-electron chi connectivity index (χ4n) is 2.65. The average Bonchev–Trinajstić information content (AvgIpc) is 2.57. The minimum atomic E-state index is 0.0288. The van der Waals surface area contributed by atoms with Gasteiger partial charge in [-0.1, -0.05) is 0 Å². The molecule has 0 bridgehead atoms. The van der Waals surface area contributed by atoms with Gasteiger partial charge in [-0.25, -0.2) is 9.97 Å². The lowest BCUT2D eigenvalue weighted by Gasteiger charge is -2.33. The molecule has 1 fully saturated rings. The van der Waals surface area contributed by atoms with Crippen LogP contribution in [0.2, 0.25) is 0 Å². The van der Waals surface area contributed by atoms with Crippen LogP contribution in [-0.2, 0) is 0 Å². The summed E-state index contributed by atoms with van der Waals surface area (Å²) in [4.78, 5) is 14.9. The molecule has 2 aromatic rings. The Hall–Kier alpha value is -2.57. The van der Waals surface area contributed by atoms with Gasteiger partial charge in [0, 0.05) is 12.7 Å². The maximum absolute atomic E-state index is 6.06. The van der Waals surface area contributed by atoms with E-state index in [1.807, 2.05) is 19.1 Å². The number of rotatable bonds is 5. The molecule has 1 saturated heterocycles. The van der Waals surface area contributed by atoms with E-state index in [4.69, 9.17) is 15.2 Å². The molecule has 7 nitrogen and oxygen atoms in total. The molecule has 2 N–H and O–H groups in total. The van der Waals surface area contributed by atoms with Crippen molar-refractivity contribution in [1.82, 2.24) is 15.0 Å². The van der Waals surface area contributed by atoms with Crippen LogP contribution in [0.5, 0.6) is 11.6 Å². The van der Waals surface area contributed by atoms with Crippen LogP contribution in [-0.4, -0.2) is 40.8 Å². The summed E-state index contributed by atoms with van der Waals surface area (Å²) < 4.78 is 11.6. The van der Waals surface area contributed by atoms with Crippen molar-refractivity contribution in [2.45, 2.75) is 25.9 Å². The van der Waals surface area contributed by atoms with Gasteiger partial charge in [0.05, 0.1) is 25.5 Å². The van der Waals surface area contributed by atoms with E-state index in [1.165, 1.54) is 0 Å². The molecule has 23 heavy (non-hydrogen) atoms. The van der Waals surface area contributed by atoms with E-state index in [1.54, 1.807) is 18.6 Å². The minimum Gasteiger partial charge on any atom is -0.488 e.